The number of hydrogen-bond donors (Lipinski definition) is 1. The molecule has 0 heterocycles. The lowest BCUT2D eigenvalue weighted by Crippen LogP contribution is -2.05. The summed E-state index contributed by atoms with van der Waals surface area (Å²) >= 11 is 0. The van der Waals surface area contributed by atoms with Crippen LogP contribution in [0, 0.1) is 0 Å². The molecule has 102 valence electrons. The third kappa shape index (κ3) is 5.25. The van der Waals surface area contributed by atoms with Crippen molar-refractivity contribution in [2.45, 2.75) is 13.8 Å². The molecule has 0 saturated carbocycles. The van der Waals surface area contributed by atoms with Crippen LogP contribution in [0.3, 0.4) is 0 Å². The Kier molecular flexibility index (Phi) is 5.60. The molecule has 1 rings (SSSR count). The molecule has 0 radical (unpaired) electrons. The van der Waals surface area contributed by atoms with Crippen molar-refractivity contribution in [3.8, 4) is 5.75 Å². The fourth-order valence-corrected chi connectivity index (χ4v) is 1.34. The van der Waals surface area contributed by atoms with Gasteiger partial charge in [0, 0.05) is 18.2 Å². The zero-order chi connectivity index (χ0) is 14.3. The van der Waals surface area contributed by atoms with Gasteiger partial charge in [0.25, 0.3) is 0 Å². The van der Waals surface area contributed by atoms with Crippen LogP contribution in [0.2, 0.25) is 0 Å². The van der Waals surface area contributed by atoms with Gasteiger partial charge in [0.1, 0.15) is 12.4 Å². The van der Waals surface area contributed by atoms with E-state index in [1.807, 2.05) is 0 Å². The zero-order valence-electron chi connectivity index (χ0n) is 11.2. The van der Waals surface area contributed by atoms with E-state index in [2.05, 4.69) is 10.1 Å². The highest BCUT2D eigenvalue weighted by Crippen LogP contribution is 2.15. The van der Waals surface area contributed by atoms with Crippen LogP contribution in [0.5, 0.6) is 5.75 Å². The van der Waals surface area contributed by atoms with E-state index >= 15 is 0 Å². The molecule has 1 N–H and O–H groups in total. The minimum atomic E-state index is -0.371. The van der Waals surface area contributed by atoms with E-state index in [1.165, 1.54) is 14.0 Å². The Morgan fingerprint density at radius 2 is 1.84 bits per heavy atom. The van der Waals surface area contributed by atoms with Crippen LogP contribution in [0.15, 0.2) is 35.9 Å². The minimum Gasteiger partial charge on any atom is -0.490 e. The molecule has 1 aromatic carbocycles. The number of carbonyl (C=O) groups excluding carboxylic acids is 2. The monoisotopic (exact) mass is 263 g/mol. The van der Waals surface area contributed by atoms with Gasteiger partial charge < -0.3 is 14.8 Å². The Balaban J connectivity index is 2.50. The van der Waals surface area contributed by atoms with Crippen LogP contribution < -0.4 is 10.1 Å². The van der Waals surface area contributed by atoms with Gasteiger partial charge in [-0.05, 0) is 37.3 Å². The van der Waals surface area contributed by atoms with Gasteiger partial charge in [-0.25, -0.2) is 4.79 Å². The Labute approximate surface area is 112 Å². The van der Waals surface area contributed by atoms with Gasteiger partial charge in [-0.1, -0.05) is 0 Å². The summed E-state index contributed by atoms with van der Waals surface area (Å²) < 4.78 is 10.00. The third-order valence-electron chi connectivity index (χ3n) is 2.32. The van der Waals surface area contributed by atoms with Crippen molar-refractivity contribution >= 4 is 17.6 Å². The van der Waals surface area contributed by atoms with E-state index in [0.29, 0.717) is 17.0 Å². The highest BCUT2D eigenvalue weighted by atomic mass is 16.5. The summed E-state index contributed by atoms with van der Waals surface area (Å²) in [5, 5.41) is 2.66. The number of amides is 1. The van der Waals surface area contributed by atoms with Crippen LogP contribution in [0.4, 0.5) is 5.69 Å². The number of esters is 1. The first-order valence-corrected chi connectivity index (χ1v) is 5.78. The summed E-state index contributed by atoms with van der Waals surface area (Å²) in [5.41, 5.74) is 1.21. The topological polar surface area (TPSA) is 64.6 Å². The number of carbonyl (C=O) groups is 2. The maximum atomic E-state index is 11.1. The number of nitrogens with one attached hydrogen (secondary N) is 1. The molecular formula is C14H17NO4. The Morgan fingerprint density at radius 3 is 2.37 bits per heavy atom. The summed E-state index contributed by atoms with van der Waals surface area (Å²) in [5.74, 6) is 0.165. The van der Waals surface area contributed by atoms with Crippen molar-refractivity contribution in [2.24, 2.45) is 0 Å². The SMILES string of the molecule is COC(=O)C(C)=CCOc1ccc(NC(C)=O)cc1. The van der Waals surface area contributed by atoms with Crippen LogP contribution in [0.1, 0.15) is 13.8 Å². The number of methoxy groups -OCH3 is 1. The molecule has 1 amide bonds. The van der Waals surface area contributed by atoms with Crippen LogP contribution in [-0.4, -0.2) is 25.6 Å². The molecule has 0 aliphatic carbocycles. The lowest BCUT2D eigenvalue weighted by molar-refractivity contribution is -0.136. The lowest BCUT2D eigenvalue weighted by atomic mass is 10.3. The first kappa shape index (κ1) is 14.8. The second-order valence-corrected chi connectivity index (χ2v) is 3.90. The predicted molar refractivity (Wildman–Crippen MR) is 72.0 cm³/mol. The zero-order valence-corrected chi connectivity index (χ0v) is 11.2. The van der Waals surface area contributed by atoms with Gasteiger partial charge in [-0.2, -0.15) is 0 Å². The molecule has 0 spiro atoms. The number of benzene rings is 1. The number of hydrogen-bond acceptors (Lipinski definition) is 4. The first-order valence-electron chi connectivity index (χ1n) is 5.78. The number of rotatable bonds is 5. The molecule has 0 saturated heterocycles. The molecule has 0 aliphatic heterocycles. The molecule has 5 heteroatoms. The second-order valence-electron chi connectivity index (χ2n) is 3.90. The van der Waals surface area contributed by atoms with E-state index in [0.717, 1.165) is 0 Å². The van der Waals surface area contributed by atoms with Crippen LogP contribution in [-0.2, 0) is 14.3 Å². The maximum Gasteiger partial charge on any atom is 0.333 e. The van der Waals surface area contributed by atoms with Crippen molar-refractivity contribution in [1.29, 1.82) is 0 Å². The smallest absolute Gasteiger partial charge is 0.333 e. The molecular weight excluding hydrogens is 246 g/mol. The molecule has 19 heavy (non-hydrogen) atoms. The average Bonchev–Trinajstić information content (AvgIpc) is 2.39. The van der Waals surface area contributed by atoms with E-state index in [-0.39, 0.29) is 18.5 Å². The third-order valence-corrected chi connectivity index (χ3v) is 2.32. The van der Waals surface area contributed by atoms with Crippen molar-refractivity contribution in [1.82, 2.24) is 0 Å². The fourth-order valence-electron chi connectivity index (χ4n) is 1.34. The summed E-state index contributed by atoms with van der Waals surface area (Å²) in [6.45, 7) is 3.39. The Hall–Kier alpha value is -2.30. The average molecular weight is 263 g/mol. The molecule has 1 aromatic rings. The van der Waals surface area contributed by atoms with Crippen molar-refractivity contribution in [2.75, 3.05) is 19.0 Å². The molecule has 0 aromatic heterocycles. The highest BCUT2D eigenvalue weighted by molar-refractivity contribution is 5.88. The van der Waals surface area contributed by atoms with E-state index < -0.39 is 0 Å². The quantitative estimate of drug-likeness (QED) is 0.653. The van der Waals surface area contributed by atoms with Crippen LogP contribution in [0.25, 0.3) is 0 Å². The fraction of sp³-hybridized carbons (Fsp3) is 0.286. The number of ether oxygens (including phenoxy) is 2. The van der Waals surface area contributed by atoms with Crippen molar-refractivity contribution < 1.29 is 19.1 Å². The predicted octanol–water partition coefficient (Wildman–Crippen LogP) is 2.14. The van der Waals surface area contributed by atoms with Gasteiger partial charge >= 0.3 is 5.97 Å². The Bertz CT molecular complexity index is 477. The molecule has 0 aliphatic rings. The standard InChI is InChI=1S/C14H17NO4/c1-10(14(17)18-3)8-9-19-13-6-4-12(5-7-13)15-11(2)16/h4-8H,9H2,1-3H3,(H,15,16). The van der Waals surface area contributed by atoms with E-state index in [9.17, 15) is 9.59 Å². The second kappa shape index (κ2) is 7.20. The summed E-state index contributed by atoms with van der Waals surface area (Å²) in [4.78, 5) is 22.0. The van der Waals surface area contributed by atoms with Gasteiger partial charge in [0.15, 0.2) is 0 Å². The lowest BCUT2D eigenvalue weighted by Gasteiger charge is -2.06. The van der Waals surface area contributed by atoms with Gasteiger partial charge in [0.05, 0.1) is 7.11 Å². The van der Waals surface area contributed by atoms with Gasteiger partial charge in [0.2, 0.25) is 5.91 Å². The van der Waals surface area contributed by atoms with E-state index in [1.54, 1.807) is 37.3 Å². The van der Waals surface area contributed by atoms with Crippen molar-refractivity contribution in [3.05, 3.63) is 35.9 Å². The maximum absolute atomic E-state index is 11.1. The molecule has 0 atom stereocenters. The Morgan fingerprint density at radius 1 is 1.21 bits per heavy atom. The number of anilines is 1. The molecule has 0 fully saturated rings. The van der Waals surface area contributed by atoms with E-state index in [4.69, 9.17) is 4.74 Å². The highest BCUT2D eigenvalue weighted by Gasteiger charge is 2.02. The van der Waals surface area contributed by atoms with Crippen LogP contribution >= 0.6 is 0 Å². The normalized spacial score (nSPS) is 10.8. The molecule has 0 bridgehead atoms. The summed E-state index contributed by atoms with van der Waals surface area (Å²) in [6, 6.07) is 6.97. The first-order chi connectivity index (χ1) is 9.02. The largest absolute Gasteiger partial charge is 0.490 e. The minimum absolute atomic E-state index is 0.120. The van der Waals surface area contributed by atoms with Crippen molar-refractivity contribution in [3.63, 3.8) is 0 Å². The van der Waals surface area contributed by atoms with Gasteiger partial charge in [-0.15, -0.1) is 0 Å². The molecule has 5 nitrogen and oxygen atoms in total. The van der Waals surface area contributed by atoms with Gasteiger partial charge in [-0.3, -0.25) is 4.79 Å². The molecule has 0 unspecified atom stereocenters. The summed E-state index contributed by atoms with van der Waals surface area (Å²) in [7, 11) is 1.33. The summed E-state index contributed by atoms with van der Waals surface area (Å²) in [6.07, 6.45) is 1.65.